The van der Waals surface area contributed by atoms with Crippen LogP contribution in [0.5, 0.6) is 0 Å². The molecule has 4 atom stereocenters. The maximum absolute atomic E-state index is 13.2. The molecule has 1 saturated heterocycles. The monoisotopic (exact) mass is 365 g/mol. The molecule has 4 rings (SSSR count). The molecule has 1 amide bonds. The van der Waals surface area contributed by atoms with Gasteiger partial charge in [-0.3, -0.25) is 4.79 Å². The van der Waals surface area contributed by atoms with Crippen molar-refractivity contribution >= 4 is 5.91 Å². The molecule has 0 aromatic heterocycles. The first-order valence-corrected chi connectivity index (χ1v) is 9.80. The van der Waals surface area contributed by atoms with Crippen LogP contribution in [0.2, 0.25) is 0 Å². The fourth-order valence-electron chi connectivity index (χ4n) is 4.55. The van der Waals surface area contributed by atoms with E-state index in [9.17, 15) is 15.0 Å². The van der Waals surface area contributed by atoms with E-state index < -0.39 is 12.2 Å². The summed E-state index contributed by atoms with van der Waals surface area (Å²) in [7, 11) is 0. The summed E-state index contributed by atoms with van der Waals surface area (Å²) in [4.78, 5) is 15.1. The summed E-state index contributed by atoms with van der Waals surface area (Å²) in [5, 5.41) is 19.9. The summed E-state index contributed by atoms with van der Waals surface area (Å²) in [5.74, 6) is 0.643. The summed E-state index contributed by atoms with van der Waals surface area (Å²) in [5.41, 5.74) is 4.23. The molecule has 0 unspecified atom stereocenters. The van der Waals surface area contributed by atoms with Gasteiger partial charge in [-0.15, -0.1) is 0 Å². The molecule has 4 heteroatoms. The molecular formula is C23H27NO3. The van der Waals surface area contributed by atoms with Crippen LogP contribution in [0.3, 0.4) is 0 Å². The van der Waals surface area contributed by atoms with Gasteiger partial charge in [0, 0.05) is 18.7 Å². The van der Waals surface area contributed by atoms with E-state index in [1.807, 2.05) is 29.2 Å². The number of amides is 1. The lowest BCUT2D eigenvalue weighted by Crippen LogP contribution is -2.38. The summed E-state index contributed by atoms with van der Waals surface area (Å²) >= 11 is 0. The maximum Gasteiger partial charge on any atom is 0.254 e. The van der Waals surface area contributed by atoms with Crippen molar-refractivity contribution in [2.24, 2.45) is 11.8 Å². The van der Waals surface area contributed by atoms with Crippen molar-refractivity contribution in [1.82, 2.24) is 4.90 Å². The van der Waals surface area contributed by atoms with Crippen molar-refractivity contribution in [3.8, 4) is 0 Å². The number of carbonyl (C=O) groups excluding carboxylic acids is 1. The largest absolute Gasteiger partial charge is 0.390 e. The Hall–Kier alpha value is -2.17. The number of rotatable bonds is 3. The van der Waals surface area contributed by atoms with E-state index in [1.54, 1.807) is 0 Å². The highest BCUT2D eigenvalue weighted by molar-refractivity contribution is 5.96. The number of likely N-dealkylation sites (tertiary alicyclic amines) is 1. The van der Waals surface area contributed by atoms with Gasteiger partial charge in [-0.1, -0.05) is 48.0 Å². The zero-order chi connectivity index (χ0) is 19.0. The Morgan fingerprint density at radius 1 is 0.963 bits per heavy atom. The van der Waals surface area contributed by atoms with Crippen LogP contribution in [0.4, 0.5) is 0 Å². The molecule has 1 aliphatic carbocycles. The van der Waals surface area contributed by atoms with Crippen molar-refractivity contribution in [3.05, 3.63) is 70.8 Å². The van der Waals surface area contributed by atoms with Crippen LogP contribution in [0.1, 0.15) is 39.9 Å². The molecule has 1 aliphatic heterocycles. The normalized spacial score (nSPS) is 27.4. The number of benzene rings is 2. The molecule has 0 radical (unpaired) electrons. The maximum atomic E-state index is 13.2. The molecule has 2 fully saturated rings. The van der Waals surface area contributed by atoms with Gasteiger partial charge < -0.3 is 15.1 Å². The number of hydrogen-bond acceptors (Lipinski definition) is 3. The third-order valence-corrected chi connectivity index (χ3v) is 6.16. The van der Waals surface area contributed by atoms with Crippen molar-refractivity contribution in [2.75, 3.05) is 13.1 Å². The lowest BCUT2D eigenvalue weighted by molar-refractivity contribution is -0.0372. The standard InChI is InChI=1S/C23H27NO3/c1-15-6-8-16(9-7-15)10-17-4-2-3-5-20(17)23(27)24-13-18-11-21(25)22(26)12-19(18)14-24/h2-9,18-19,21-22,25-26H,10-14H2,1H3/t18-,19+,21+,22-. The topological polar surface area (TPSA) is 60.8 Å². The second kappa shape index (κ2) is 7.45. The highest BCUT2D eigenvalue weighted by atomic mass is 16.3. The molecule has 0 spiro atoms. The molecule has 4 nitrogen and oxygen atoms in total. The Kier molecular flexibility index (Phi) is 5.02. The molecule has 27 heavy (non-hydrogen) atoms. The van der Waals surface area contributed by atoms with Crippen LogP contribution in [-0.2, 0) is 6.42 Å². The van der Waals surface area contributed by atoms with E-state index in [0.29, 0.717) is 25.9 Å². The minimum absolute atomic E-state index is 0.0658. The van der Waals surface area contributed by atoms with Crippen LogP contribution < -0.4 is 0 Å². The summed E-state index contributed by atoms with van der Waals surface area (Å²) in [6.07, 6.45) is 0.590. The fraction of sp³-hybridized carbons (Fsp3) is 0.435. The molecule has 2 aliphatic rings. The van der Waals surface area contributed by atoms with E-state index in [-0.39, 0.29) is 17.7 Å². The average molecular weight is 365 g/mol. The van der Waals surface area contributed by atoms with Crippen LogP contribution in [0.15, 0.2) is 48.5 Å². The Balaban J connectivity index is 1.52. The Morgan fingerprint density at radius 2 is 1.56 bits per heavy atom. The molecule has 2 N–H and O–H groups in total. The fourth-order valence-corrected chi connectivity index (χ4v) is 4.55. The highest BCUT2D eigenvalue weighted by Gasteiger charge is 2.42. The lowest BCUT2D eigenvalue weighted by atomic mass is 9.79. The lowest BCUT2D eigenvalue weighted by Gasteiger charge is -2.31. The minimum atomic E-state index is -0.657. The number of carbonyl (C=O) groups is 1. The third kappa shape index (κ3) is 3.78. The van der Waals surface area contributed by atoms with Gasteiger partial charge in [0.25, 0.3) is 5.91 Å². The van der Waals surface area contributed by atoms with Gasteiger partial charge in [-0.25, -0.2) is 0 Å². The summed E-state index contributed by atoms with van der Waals surface area (Å²) < 4.78 is 0. The molecule has 1 saturated carbocycles. The van der Waals surface area contributed by atoms with Crippen molar-refractivity contribution in [1.29, 1.82) is 0 Å². The quantitative estimate of drug-likeness (QED) is 0.879. The van der Waals surface area contributed by atoms with Gasteiger partial charge in [0.15, 0.2) is 0 Å². The number of hydrogen-bond donors (Lipinski definition) is 2. The minimum Gasteiger partial charge on any atom is -0.390 e. The van der Waals surface area contributed by atoms with Crippen molar-refractivity contribution in [3.63, 3.8) is 0 Å². The predicted molar refractivity (Wildman–Crippen MR) is 105 cm³/mol. The SMILES string of the molecule is Cc1ccc(Cc2ccccc2C(=O)N2C[C@H]3C[C@H](O)[C@H](O)C[C@H]3C2)cc1. The smallest absolute Gasteiger partial charge is 0.254 e. The van der Waals surface area contributed by atoms with Gasteiger partial charge in [0.2, 0.25) is 0 Å². The van der Waals surface area contributed by atoms with Crippen LogP contribution >= 0.6 is 0 Å². The third-order valence-electron chi connectivity index (χ3n) is 6.16. The zero-order valence-corrected chi connectivity index (χ0v) is 15.7. The van der Waals surface area contributed by atoms with Gasteiger partial charge >= 0.3 is 0 Å². The van der Waals surface area contributed by atoms with Gasteiger partial charge in [-0.2, -0.15) is 0 Å². The Labute approximate surface area is 160 Å². The predicted octanol–water partition coefficient (Wildman–Crippen LogP) is 2.79. The first kappa shape index (κ1) is 18.2. The van der Waals surface area contributed by atoms with Crippen LogP contribution in [-0.4, -0.2) is 46.3 Å². The van der Waals surface area contributed by atoms with Crippen LogP contribution in [0, 0.1) is 18.8 Å². The van der Waals surface area contributed by atoms with E-state index in [0.717, 1.165) is 17.5 Å². The van der Waals surface area contributed by atoms with E-state index in [2.05, 4.69) is 31.2 Å². The van der Waals surface area contributed by atoms with E-state index >= 15 is 0 Å². The molecule has 0 bridgehead atoms. The number of fused-ring (bicyclic) bond motifs is 1. The first-order valence-electron chi connectivity index (χ1n) is 9.80. The molecule has 142 valence electrons. The molecular weight excluding hydrogens is 338 g/mol. The summed E-state index contributed by atoms with van der Waals surface area (Å²) in [6, 6.07) is 16.3. The molecule has 2 aromatic rings. The highest BCUT2D eigenvalue weighted by Crippen LogP contribution is 2.37. The van der Waals surface area contributed by atoms with Crippen molar-refractivity contribution < 1.29 is 15.0 Å². The number of aryl methyl sites for hydroxylation is 1. The van der Waals surface area contributed by atoms with E-state index in [4.69, 9.17) is 0 Å². The summed E-state index contributed by atoms with van der Waals surface area (Å²) in [6.45, 7) is 3.42. The van der Waals surface area contributed by atoms with E-state index in [1.165, 1.54) is 11.1 Å². The average Bonchev–Trinajstić information content (AvgIpc) is 3.06. The number of aliphatic hydroxyl groups is 2. The van der Waals surface area contributed by atoms with Gasteiger partial charge in [-0.05, 0) is 55.2 Å². The number of nitrogens with zero attached hydrogens (tertiary/aromatic N) is 1. The first-order chi connectivity index (χ1) is 13.0. The van der Waals surface area contributed by atoms with Crippen molar-refractivity contribution in [2.45, 2.75) is 38.4 Å². The van der Waals surface area contributed by atoms with Crippen LogP contribution in [0.25, 0.3) is 0 Å². The van der Waals surface area contributed by atoms with Gasteiger partial charge in [0.1, 0.15) is 0 Å². The second-order valence-corrected chi connectivity index (χ2v) is 8.16. The Bertz CT molecular complexity index is 799. The Morgan fingerprint density at radius 3 is 2.19 bits per heavy atom. The molecule has 1 heterocycles. The molecule has 2 aromatic carbocycles. The second-order valence-electron chi connectivity index (χ2n) is 8.16. The number of aliphatic hydroxyl groups excluding tert-OH is 2. The van der Waals surface area contributed by atoms with Gasteiger partial charge in [0.05, 0.1) is 12.2 Å². The zero-order valence-electron chi connectivity index (χ0n) is 15.7.